The van der Waals surface area contributed by atoms with Crippen LogP contribution in [-0.4, -0.2) is 28.4 Å². The Hall–Kier alpha value is -3.61. The molecule has 2 N–H and O–H groups in total. The SMILES string of the molecule is Cc1noc(-c2ccc(-c3ccc(C4(C(=O)O)CC4)cc3)cc2)c1NC(=O)O[C@H](C)C1CCC1. The van der Waals surface area contributed by atoms with Crippen LogP contribution in [-0.2, 0) is 14.9 Å². The van der Waals surface area contributed by atoms with E-state index in [1.54, 1.807) is 6.92 Å². The van der Waals surface area contributed by atoms with Crippen LogP contribution in [0.2, 0.25) is 0 Å². The number of rotatable bonds is 7. The zero-order valence-electron chi connectivity index (χ0n) is 19.3. The zero-order valence-corrected chi connectivity index (χ0v) is 19.3. The summed E-state index contributed by atoms with van der Waals surface area (Å²) in [4.78, 5) is 24.0. The second kappa shape index (κ2) is 8.63. The van der Waals surface area contributed by atoms with Crippen LogP contribution in [0.1, 0.15) is 50.3 Å². The molecule has 3 aromatic rings. The molecule has 7 nitrogen and oxygen atoms in total. The fraction of sp³-hybridized carbons (Fsp3) is 0.370. The maximum atomic E-state index is 12.4. The molecule has 0 bridgehead atoms. The van der Waals surface area contributed by atoms with Crippen LogP contribution in [0.4, 0.5) is 10.5 Å². The highest BCUT2D eigenvalue weighted by Gasteiger charge is 2.51. The number of carbonyl (C=O) groups is 2. The molecule has 2 aromatic carbocycles. The highest BCUT2D eigenvalue weighted by Crippen LogP contribution is 2.48. The number of nitrogens with one attached hydrogen (secondary N) is 1. The quantitative estimate of drug-likeness (QED) is 0.437. The summed E-state index contributed by atoms with van der Waals surface area (Å²) < 4.78 is 11.1. The summed E-state index contributed by atoms with van der Waals surface area (Å²) in [5.74, 6) is 0.164. The normalized spacial score (nSPS) is 17.5. The molecular formula is C27H28N2O5. The molecule has 1 amide bonds. The summed E-state index contributed by atoms with van der Waals surface area (Å²) in [6, 6.07) is 15.5. The summed E-state index contributed by atoms with van der Waals surface area (Å²) in [5.41, 5.74) is 4.01. The van der Waals surface area contributed by atoms with Crippen molar-refractivity contribution < 1.29 is 24.0 Å². The van der Waals surface area contributed by atoms with Gasteiger partial charge in [0.1, 0.15) is 17.5 Å². The van der Waals surface area contributed by atoms with Gasteiger partial charge < -0.3 is 14.4 Å². The third-order valence-corrected chi connectivity index (χ3v) is 7.27. The number of benzene rings is 2. The Bertz CT molecular complexity index is 1200. The predicted octanol–water partition coefficient (Wildman–Crippen LogP) is 6.17. The Morgan fingerprint density at radius 1 is 1.06 bits per heavy atom. The van der Waals surface area contributed by atoms with Crippen molar-refractivity contribution in [2.45, 2.75) is 57.5 Å². The number of nitrogens with zero attached hydrogens (tertiary/aromatic N) is 1. The molecule has 1 atom stereocenters. The molecule has 0 unspecified atom stereocenters. The lowest BCUT2D eigenvalue weighted by atomic mass is 9.82. The van der Waals surface area contributed by atoms with Gasteiger partial charge in [-0.3, -0.25) is 10.1 Å². The Morgan fingerprint density at radius 3 is 2.18 bits per heavy atom. The molecule has 0 radical (unpaired) electrons. The minimum absolute atomic E-state index is 0.117. The molecule has 2 aliphatic rings. The molecule has 2 fully saturated rings. The maximum absolute atomic E-state index is 12.4. The topological polar surface area (TPSA) is 102 Å². The van der Waals surface area contributed by atoms with E-state index < -0.39 is 17.5 Å². The average Bonchev–Trinajstić information content (AvgIpc) is 3.53. The number of ether oxygens (including phenoxy) is 1. The minimum Gasteiger partial charge on any atom is -0.481 e. The number of hydrogen-bond donors (Lipinski definition) is 2. The van der Waals surface area contributed by atoms with Gasteiger partial charge in [-0.15, -0.1) is 0 Å². The smallest absolute Gasteiger partial charge is 0.412 e. The molecule has 2 saturated carbocycles. The van der Waals surface area contributed by atoms with E-state index in [4.69, 9.17) is 9.26 Å². The van der Waals surface area contributed by atoms with Crippen molar-refractivity contribution in [3.63, 3.8) is 0 Å². The molecule has 1 heterocycles. The van der Waals surface area contributed by atoms with Gasteiger partial charge in [0.05, 0.1) is 5.41 Å². The number of carbonyl (C=O) groups excluding carboxylic acids is 1. The van der Waals surface area contributed by atoms with Gasteiger partial charge in [0.2, 0.25) is 0 Å². The lowest BCUT2D eigenvalue weighted by molar-refractivity contribution is -0.140. The van der Waals surface area contributed by atoms with Crippen LogP contribution in [0.25, 0.3) is 22.5 Å². The molecule has 0 spiro atoms. The summed E-state index contributed by atoms with van der Waals surface area (Å²) in [7, 11) is 0. The lowest BCUT2D eigenvalue weighted by Crippen LogP contribution is -2.30. The van der Waals surface area contributed by atoms with Gasteiger partial charge in [0.15, 0.2) is 5.76 Å². The van der Waals surface area contributed by atoms with E-state index in [0.717, 1.165) is 35.1 Å². The van der Waals surface area contributed by atoms with E-state index in [1.165, 1.54) is 6.42 Å². The predicted molar refractivity (Wildman–Crippen MR) is 128 cm³/mol. The fourth-order valence-corrected chi connectivity index (χ4v) is 4.57. The van der Waals surface area contributed by atoms with Crippen LogP contribution in [0.15, 0.2) is 53.1 Å². The van der Waals surface area contributed by atoms with Gasteiger partial charge in [-0.2, -0.15) is 0 Å². The van der Waals surface area contributed by atoms with Gasteiger partial charge in [0.25, 0.3) is 0 Å². The molecule has 0 saturated heterocycles. The Balaban J connectivity index is 1.30. The van der Waals surface area contributed by atoms with Gasteiger partial charge >= 0.3 is 12.1 Å². The lowest BCUT2D eigenvalue weighted by Gasteiger charge is -2.30. The van der Waals surface area contributed by atoms with Gasteiger partial charge in [-0.25, -0.2) is 4.79 Å². The van der Waals surface area contributed by atoms with Gasteiger partial charge in [-0.1, -0.05) is 60.1 Å². The number of anilines is 1. The number of aliphatic carboxylic acids is 1. The number of aromatic nitrogens is 1. The number of carboxylic acids is 1. The number of aryl methyl sites for hydroxylation is 1. The summed E-state index contributed by atoms with van der Waals surface area (Å²) >= 11 is 0. The van der Waals surface area contributed by atoms with Crippen molar-refractivity contribution in [1.82, 2.24) is 5.16 Å². The van der Waals surface area contributed by atoms with Crippen LogP contribution < -0.4 is 5.32 Å². The molecule has 0 aliphatic heterocycles. The second-order valence-corrected chi connectivity index (χ2v) is 9.44. The minimum atomic E-state index is -0.752. The van der Waals surface area contributed by atoms with Crippen molar-refractivity contribution in [2.75, 3.05) is 5.32 Å². The molecule has 2 aliphatic carbocycles. The monoisotopic (exact) mass is 460 g/mol. The second-order valence-electron chi connectivity index (χ2n) is 9.44. The summed E-state index contributed by atoms with van der Waals surface area (Å²) in [5, 5.41) is 16.3. The summed E-state index contributed by atoms with van der Waals surface area (Å²) in [6.45, 7) is 3.71. The third-order valence-electron chi connectivity index (χ3n) is 7.27. The van der Waals surface area contributed by atoms with Gasteiger partial charge in [0, 0.05) is 5.56 Å². The Morgan fingerprint density at radius 2 is 1.65 bits per heavy atom. The van der Waals surface area contributed by atoms with E-state index >= 15 is 0 Å². The molecule has 176 valence electrons. The standard InChI is InChI=1S/C27H28N2O5/c1-16-23(28-26(32)33-17(2)18-4-3-5-18)24(34-29-16)21-8-6-19(7-9-21)20-10-12-22(13-11-20)27(14-15-27)25(30)31/h6-13,17-18H,3-5,14-15H2,1-2H3,(H,28,32)(H,30,31)/t17-/m1/s1. The molecule has 7 heteroatoms. The van der Waals surface area contributed by atoms with Crippen molar-refractivity contribution in [3.8, 4) is 22.5 Å². The Kier molecular flexibility index (Phi) is 5.63. The summed E-state index contributed by atoms with van der Waals surface area (Å²) in [6.07, 6.45) is 4.15. The molecule has 5 rings (SSSR count). The third kappa shape index (κ3) is 4.06. The van der Waals surface area contributed by atoms with Crippen molar-refractivity contribution in [3.05, 3.63) is 59.8 Å². The van der Waals surface area contributed by atoms with Crippen LogP contribution in [0.5, 0.6) is 0 Å². The van der Waals surface area contributed by atoms with Gasteiger partial charge in [-0.05, 0) is 62.1 Å². The largest absolute Gasteiger partial charge is 0.481 e. The number of carboxylic acid groups (broad SMARTS) is 1. The van der Waals surface area contributed by atoms with E-state index in [9.17, 15) is 14.7 Å². The fourth-order valence-electron chi connectivity index (χ4n) is 4.57. The van der Waals surface area contributed by atoms with E-state index in [1.807, 2.05) is 55.5 Å². The van der Waals surface area contributed by atoms with E-state index in [2.05, 4.69) is 10.5 Å². The Labute approximate surface area is 198 Å². The van der Waals surface area contributed by atoms with E-state index in [0.29, 0.717) is 35.9 Å². The number of amides is 1. The first kappa shape index (κ1) is 22.2. The molecule has 1 aromatic heterocycles. The van der Waals surface area contributed by atoms with Crippen molar-refractivity contribution in [2.24, 2.45) is 5.92 Å². The highest BCUT2D eigenvalue weighted by atomic mass is 16.6. The van der Waals surface area contributed by atoms with Crippen LogP contribution >= 0.6 is 0 Å². The van der Waals surface area contributed by atoms with Crippen molar-refractivity contribution >= 4 is 17.7 Å². The van der Waals surface area contributed by atoms with Crippen LogP contribution in [0, 0.1) is 12.8 Å². The first-order chi connectivity index (χ1) is 16.4. The average molecular weight is 461 g/mol. The maximum Gasteiger partial charge on any atom is 0.412 e. The molecule has 34 heavy (non-hydrogen) atoms. The first-order valence-corrected chi connectivity index (χ1v) is 11.8. The highest BCUT2D eigenvalue weighted by molar-refractivity contribution is 5.91. The molecular weight excluding hydrogens is 432 g/mol. The van der Waals surface area contributed by atoms with Crippen LogP contribution in [0.3, 0.4) is 0 Å². The van der Waals surface area contributed by atoms with Crippen molar-refractivity contribution in [1.29, 1.82) is 0 Å². The first-order valence-electron chi connectivity index (χ1n) is 11.8. The van der Waals surface area contributed by atoms with E-state index in [-0.39, 0.29) is 6.10 Å². The number of hydrogen-bond acceptors (Lipinski definition) is 5. The zero-order chi connectivity index (χ0) is 23.9.